The maximum absolute atomic E-state index is 13.2. The third kappa shape index (κ3) is 3.40. The van der Waals surface area contributed by atoms with E-state index in [9.17, 15) is 13.2 Å². The van der Waals surface area contributed by atoms with E-state index in [4.69, 9.17) is 11.6 Å². The second kappa shape index (κ2) is 6.21. The van der Waals surface area contributed by atoms with Crippen molar-refractivity contribution in [3.8, 4) is 11.5 Å². The molecule has 0 aliphatic rings. The molecule has 0 unspecified atom stereocenters. The normalized spacial score (nSPS) is 10.6. The van der Waals surface area contributed by atoms with Gasteiger partial charge in [-0.1, -0.05) is 17.7 Å². The van der Waals surface area contributed by atoms with Gasteiger partial charge in [-0.05, 0) is 12.1 Å². The molecule has 116 valence electrons. The Labute approximate surface area is 134 Å². The van der Waals surface area contributed by atoms with Crippen molar-refractivity contribution in [2.75, 3.05) is 5.32 Å². The highest BCUT2D eigenvalue weighted by Crippen LogP contribution is 2.23. The van der Waals surface area contributed by atoms with Gasteiger partial charge < -0.3 is 5.32 Å². The number of pyridine rings is 1. The first-order chi connectivity index (χ1) is 11.0. The van der Waals surface area contributed by atoms with E-state index >= 15 is 0 Å². The average molecular weight is 337 g/mol. The summed E-state index contributed by atoms with van der Waals surface area (Å²) < 4.78 is 39.5. The Bertz CT molecular complexity index is 836. The molecule has 0 radical (unpaired) electrons. The smallest absolute Gasteiger partial charge is 0.194 e. The van der Waals surface area contributed by atoms with E-state index in [0.29, 0.717) is 5.69 Å². The largest absolute Gasteiger partial charge is 0.340 e. The number of hydrogen-bond acceptors (Lipinski definition) is 4. The van der Waals surface area contributed by atoms with Crippen LogP contribution in [0.15, 0.2) is 42.6 Å². The van der Waals surface area contributed by atoms with Gasteiger partial charge in [0.1, 0.15) is 16.7 Å². The van der Waals surface area contributed by atoms with Crippen LogP contribution < -0.4 is 5.32 Å². The topological polar surface area (TPSA) is 50.7 Å². The summed E-state index contributed by atoms with van der Waals surface area (Å²) in [5.74, 6) is -3.72. The fourth-order valence-corrected chi connectivity index (χ4v) is 2.05. The standard InChI is InChI=1S/C15H8ClF3N4/c16-12-7-13(21-8-5-9(17)14(19)10(18)6-8)23-15(22-12)11-3-1-2-4-20-11/h1-7H,(H,21,22,23). The van der Waals surface area contributed by atoms with E-state index in [1.54, 1.807) is 24.4 Å². The quantitative estimate of drug-likeness (QED) is 0.570. The van der Waals surface area contributed by atoms with Gasteiger partial charge in [-0.3, -0.25) is 4.98 Å². The SMILES string of the molecule is Fc1cc(Nc2cc(Cl)nc(-c3ccccn3)n2)cc(F)c1F. The van der Waals surface area contributed by atoms with Gasteiger partial charge in [0.05, 0.1) is 0 Å². The lowest BCUT2D eigenvalue weighted by molar-refractivity contribution is 0.448. The summed E-state index contributed by atoms with van der Waals surface area (Å²) in [7, 11) is 0. The van der Waals surface area contributed by atoms with E-state index in [-0.39, 0.29) is 22.5 Å². The fourth-order valence-electron chi connectivity index (χ4n) is 1.87. The molecule has 3 rings (SSSR count). The van der Waals surface area contributed by atoms with E-state index in [1.807, 2.05) is 0 Å². The van der Waals surface area contributed by atoms with Gasteiger partial charge in [0.25, 0.3) is 0 Å². The number of aromatic nitrogens is 3. The highest BCUT2D eigenvalue weighted by Gasteiger charge is 2.12. The summed E-state index contributed by atoms with van der Waals surface area (Å²) in [5, 5.41) is 2.77. The molecule has 2 aromatic heterocycles. The summed E-state index contributed by atoms with van der Waals surface area (Å²) in [6.45, 7) is 0. The summed E-state index contributed by atoms with van der Waals surface area (Å²) >= 11 is 5.93. The van der Waals surface area contributed by atoms with E-state index in [0.717, 1.165) is 12.1 Å². The first kappa shape index (κ1) is 15.2. The van der Waals surface area contributed by atoms with Crippen molar-refractivity contribution in [1.29, 1.82) is 0 Å². The first-order valence-electron chi connectivity index (χ1n) is 6.40. The van der Waals surface area contributed by atoms with Crippen molar-refractivity contribution >= 4 is 23.1 Å². The van der Waals surface area contributed by atoms with Gasteiger partial charge in [0, 0.05) is 30.1 Å². The van der Waals surface area contributed by atoms with Crippen LogP contribution in [0.25, 0.3) is 11.5 Å². The lowest BCUT2D eigenvalue weighted by atomic mass is 10.3. The Morgan fingerprint density at radius 3 is 2.35 bits per heavy atom. The summed E-state index contributed by atoms with van der Waals surface area (Å²) in [4.78, 5) is 12.3. The Hall–Kier alpha value is -2.67. The molecule has 8 heteroatoms. The fraction of sp³-hybridized carbons (Fsp3) is 0. The molecule has 0 aliphatic heterocycles. The molecule has 4 nitrogen and oxygen atoms in total. The molecule has 23 heavy (non-hydrogen) atoms. The Balaban J connectivity index is 1.96. The summed E-state index contributed by atoms with van der Waals surface area (Å²) in [6.07, 6.45) is 1.57. The first-order valence-corrected chi connectivity index (χ1v) is 6.78. The second-order valence-electron chi connectivity index (χ2n) is 4.49. The molecule has 0 fully saturated rings. The molecular formula is C15H8ClF3N4. The van der Waals surface area contributed by atoms with Crippen LogP contribution in [0.2, 0.25) is 5.15 Å². The number of anilines is 2. The monoisotopic (exact) mass is 336 g/mol. The molecule has 1 N–H and O–H groups in total. The number of nitrogens with one attached hydrogen (secondary N) is 1. The van der Waals surface area contributed by atoms with Crippen LogP contribution in [-0.2, 0) is 0 Å². The van der Waals surface area contributed by atoms with Crippen molar-refractivity contribution in [1.82, 2.24) is 15.0 Å². The summed E-state index contributed by atoms with van der Waals surface area (Å²) in [5.41, 5.74) is 0.470. The maximum atomic E-state index is 13.2. The van der Waals surface area contributed by atoms with Crippen molar-refractivity contribution in [3.63, 3.8) is 0 Å². The number of rotatable bonds is 3. The zero-order valence-electron chi connectivity index (χ0n) is 11.4. The van der Waals surface area contributed by atoms with Crippen LogP contribution in [0.1, 0.15) is 0 Å². The van der Waals surface area contributed by atoms with Gasteiger partial charge in [-0.15, -0.1) is 0 Å². The molecule has 0 amide bonds. The molecule has 0 atom stereocenters. The molecular weight excluding hydrogens is 329 g/mol. The highest BCUT2D eigenvalue weighted by molar-refractivity contribution is 6.29. The van der Waals surface area contributed by atoms with Crippen LogP contribution in [0.5, 0.6) is 0 Å². The predicted octanol–water partition coefficient (Wildman–Crippen LogP) is 4.35. The molecule has 0 saturated carbocycles. The maximum Gasteiger partial charge on any atom is 0.194 e. The van der Waals surface area contributed by atoms with Crippen molar-refractivity contribution in [3.05, 3.63) is 65.2 Å². The van der Waals surface area contributed by atoms with Crippen LogP contribution in [-0.4, -0.2) is 15.0 Å². The van der Waals surface area contributed by atoms with E-state index in [2.05, 4.69) is 20.3 Å². The lowest BCUT2D eigenvalue weighted by Crippen LogP contribution is -2.00. The molecule has 2 heterocycles. The Kier molecular flexibility index (Phi) is 4.12. The number of halogens is 4. The van der Waals surface area contributed by atoms with E-state index in [1.165, 1.54) is 6.07 Å². The van der Waals surface area contributed by atoms with Crippen molar-refractivity contribution < 1.29 is 13.2 Å². The van der Waals surface area contributed by atoms with Crippen LogP contribution >= 0.6 is 11.6 Å². The Morgan fingerprint density at radius 2 is 1.70 bits per heavy atom. The van der Waals surface area contributed by atoms with Crippen molar-refractivity contribution in [2.24, 2.45) is 0 Å². The van der Waals surface area contributed by atoms with Crippen molar-refractivity contribution in [2.45, 2.75) is 0 Å². The van der Waals surface area contributed by atoms with Gasteiger partial charge in [-0.25, -0.2) is 23.1 Å². The summed E-state index contributed by atoms with van der Waals surface area (Å²) in [6, 6.07) is 8.17. The zero-order chi connectivity index (χ0) is 16.4. The van der Waals surface area contributed by atoms with Gasteiger partial charge in [-0.2, -0.15) is 0 Å². The number of benzene rings is 1. The van der Waals surface area contributed by atoms with Crippen LogP contribution in [0.3, 0.4) is 0 Å². The minimum atomic E-state index is -1.54. The van der Waals surface area contributed by atoms with Gasteiger partial charge in [0.2, 0.25) is 0 Å². The number of nitrogens with zero attached hydrogens (tertiary/aromatic N) is 3. The predicted molar refractivity (Wildman–Crippen MR) is 79.9 cm³/mol. The van der Waals surface area contributed by atoms with Gasteiger partial charge >= 0.3 is 0 Å². The minimum Gasteiger partial charge on any atom is -0.340 e. The second-order valence-corrected chi connectivity index (χ2v) is 4.88. The number of hydrogen-bond donors (Lipinski definition) is 1. The van der Waals surface area contributed by atoms with Crippen LogP contribution in [0, 0.1) is 17.5 Å². The minimum absolute atomic E-state index is 0.0110. The highest BCUT2D eigenvalue weighted by atomic mass is 35.5. The molecule has 0 spiro atoms. The van der Waals surface area contributed by atoms with E-state index < -0.39 is 17.5 Å². The lowest BCUT2D eigenvalue weighted by Gasteiger charge is -2.08. The third-order valence-electron chi connectivity index (χ3n) is 2.85. The molecule has 1 aromatic carbocycles. The molecule has 0 aliphatic carbocycles. The molecule has 3 aromatic rings. The van der Waals surface area contributed by atoms with Crippen LogP contribution in [0.4, 0.5) is 24.7 Å². The molecule has 0 saturated heterocycles. The molecule has 0 bridgehead atoms. The zero-order valence-corrected chi connectivity index (χ0v) is 12.2. The average Bonchev–Trinajstić information content (AvgIpc) is 2.53. The van der Waals surface area contributed by atoms with Gasteiger partial charge in [0.15, 0.2) is 23.3 Å². The third-order valence-corrected chi connectivity index (χ3v) is 3.04. The Morgan fingerprint density at radius 1 is 0.957 bits per heavy atom.